The van der Waals surface area contributed by atoms with E-state index in [4.69, 9.17) is 10.5 Å². The van der Waals surface area contributed by atoms with Crippen molar-refractivity contribution in [2.24, 2.45) is 5.73 Å². The number of hydrogen-bond donors (Lipinski definition) is 1. The van der Waals surface area contributed by atoms with Gasteiger partial charge in [-0.05, 0) is 25.1 Å². The standard InChI is InChI=1S/C11H15NO3S/c1-15-9-3-2-4-10-11(9)8(5-6-12)7-16(10,13)14/h2-4,8H,5-7,12H2,1H3. The van der Waals surface area contributed by atoms with E-state index in [-0.39, 0.29) is 11.7 Å². The molecule has 1 aliphatic rings. The number of methoxy groups -OCH3 is 1. The van der Waals surface area contributed by atoms with Crippen molar-refractivity contribution in [3.05, 3.63) is 23.8 Å². The van der Waals surface area contributed by atoms with Crippen LogP contribution in [0.1, 0.15) is 17.9 Å². The monoisotopic (exact) mass is 241 g/mol. The Morgan fingerprint density at radius 3 is 2.88 bits per heavy atom. The number of fused-ring (bicyclic) bond motifs is 1. The smallest absolute Gasteiger partial charge is 0.179 e. The Bertz CT molecular complexity index is 496. The first-order valence-corrected chi connectivity index (χ1v) is 6.85. The number of benzene rings is 1. The van der Waals surface area contributed by atoms with Crippen LogP contribution in [-0.2, 0) is 9.84 Å². The molecule has 1 heterocycles. The van der Waals surface area contributed by atoms with Gasteiger partial charge in [-0.2, -0.15) is 0 Å². The molecule has 0 radical (unpaired) electrons. The fourth-order valence-electron chi connectivity index (χ4n) is 2.24. The maximum atomic E-state index is 11.9. The Balaban J connectivity index is 2.59. The van der Waals surface area contributed by atoms with Crippen LogP contribution in [0.3, 0.4) is 0 Å². The Labute approximate surface area is 95.3 Å². The van der Waals surface area contributed by atoms with Crippen molar-refractivity contribution in [1.82, 2.24) is 0 Å². The summed E-state index contributed by atoms with van der Waals surface area (Å²) < 4.78 is 29.0. The van der Waals surface area contributed by atoms with Crippen LogP contribution in [0.5, 0.6) is 5.75 Å². The predicted molar refractivity (Wildman–Crippen MR) is 61.5 cm³/mol. The second kappa shape index (κ2) is 4.07. The van der Waals surface area contributed by atoms with E-state index in [2.05, 4.69) is 0 Å². The third-order valence-corrected chi connectivity index (χ3v) is 4.79. The summed E-state index contributed by atoms with van der Waals surface area (Å²) in [5.74, 6) is 0.776. The van der Waals surface area contributed by atoms with Gasteiger partial charge in [-0.3, -0.25) is 0 Å². The van der Waals surface area contributed by atoms with Crippen molar-refractivity contribution in [1.29, 1.82) is 0 Å². The molecule has 1 unspecified atom stereocenters. The average molecular weight is 241 g/mol. The van der Waals surface area contributed by atoms with Gasteiger partial charge in [-0.25, -0.2) is 8.42 Å². The molecular weight excluding hydrogens is 226 g/mol. The normalized spacial score (nSPS) is 21.8. The van der Waals surface area contributed by atoms with Gasteiger partial charge in [0.15, 0.2) is 9.84 Å². The van der Waals surface area contributed by atoms with E-state index in [0.29, 0.717) is 23.6 Å². The Morgan fingerprint density at radius 2 is 2.25 bits per heavy atom. The lowest BCUT2D eigenvalue weighted by atomic mass is 9.97. The van der Waals surface area contributed by atoms with Gasteiger partial charge in [0.2, 0.25) is 0 Å². The zero-order valence-electron chi connectivity index (χ0n) is 9.14. The van der Waals surface area contributed by atoms with Crippen molar-refractivity contribution < 1.29 is 13.2 Å². The second-order valence-electron chi connectivity index (χ2n) is 3.93. The summed E-state index contributed by atoms with van der Waals surface area (Å²) in [5, 5.41) is 0. The largest absolute Gasteiger partial charge is 0.496 e. The maximum absolute atomic E-state index is 11.9. The van der Waals surface area contributed by atoms with Gasteiger partial charge in [0, 0.05) is 11.5 Å². The molecule has 0 bridgehead atoms. The van der Waals surface area contributed by atoms with E-state index in [0.717, 1.165) is 5.56 Å². The Kier molecular flexibility index (Phi) is 2.90. The molecule has 4 nitrogen and oxygen atoms in total. The fraction of sp³-hybridized carbons (Fsp3) is 0.455. The fourth-order valence-corrected chi connectivity index (χ4v) is 4.17. The number of sulfone groups is 1. The summed E-state index contributed by atoms with van der Waals surface area (Å²) in [4.78, 5) is 0.408. The molecule has 16 heavy (non-hydrogen) atoms. The van der Waals surface area contributed by atoms with Gasteiger partial charge in [-0.15, -0.1) is 0 Å². The molecule has 1 aromatic rings. The van der Waals surface area contributed by atoms with E-state index < -0.39 is 9.84 Å². The van der Waals surface area contributed by atoms with Crippen LogP contribution in [0, 0.1) is 0 Å². The molecule has 0 aromatic heterocycles. The number of nitrogens with two attached hydrogens (primary N) is 1. The number of hydrogen-bond acceptors (Lipinski definition) is 4. The highest BCUT2D eigenvalue weighted by Crippen LogP contribution is 2.42. The quantitative estimate of drug-likeness (QED) is 0.854. The lowest BCUT2D eigenvalue weighted by Gasteiger charge is -2.12. The molecule has 1 aromatic carbocycles. The van der Waals surface area contributed by atoms with Gasteiger partial charge in [-0.1, -0.05) is 6.07 Å². The summed E-state index contributed by atoms with van der Waals surface area (Å²) in [5.41, 5.74) is 6.31. The van der Waals surface area contributed by atoms with E-state index in [9.17, 15) is 8.42 Å². The van der Waals surface area contributed by atoms with Crippen LogP contribution in [0.15, 0.2) is 23.1 Å². The topological polar surface area (TPSA) is 69.4 Å². The van der Waals surface area contributed by atoms with Gasteiger partial charge < -0.3 is 10.5 Å². The highest BCUT2D eigenvalue weighted by Gasteiger charge is 2.36. The molecule has 5 heteroatoms. The van der Waals surface area contributed by atoms with Crippen molar-refractivity contribution in [3.63, 3.8) is 0 Å². The van der Waals surface area contributed by atoms with Crippen LogP contribution in [-0.4, -0.2) is 27.8 Å². The van der Waals surface area contributed by atoms with E-state index in [1.165, 1.54) is 0 Å². The predicted octanol–water partition coefficient (Wildman–Crippen LogP) is 0.915. The average Bonchev–Trinajstić information content (AvgIpc) is 2.51. The Hall–Kier alpha value is -1.07. The van der Waals surface area contributed by atoms with Crippen LogP contribution >= 0.6 is 0 Å². The van der Waals surface area contributed by atoms with E-state index in [1.54, 1.807) is 25.3 Å². The third-order valence-electron chi connectivity index (χ3n) is 2.93. The SMILES string of the molecule is COc1cccc2c1C(CCN)CS2(=O)=O. The minimum Gasteiger partial charge on any atom is -0.496 e. The molecule has 2 N–H and O–H groups in total. The van der Waals surface area contributed by atoms with Crippen molar-refractivity contribution in [2.75, 3.05) is 19.4 Å². The third kappa shape index (κ3) is 1.70. The minimum atomic E-state index is -3.15. The summed E-state index contributed by atoms with van der Waals surface area (Å²) in [6.45, 7) is 0.484. The summed E-state index contributed by atoms with van der Waals surface area (Å²) in [6, 6.07) is 5.15. The highest BCUT2D eigenvalue weighted by atomic mass is 32.2. The van der Waals surface area contributed by atoms with Gasteiger partial charge in [0.05, 0.1) is 17.8 Å². The number of ether oxygens (including phenoxy) is 1. The lowest BCUT2D eigenvalue weighted by Crippen LogP contribution is -2.09. The van der Waals surface area contributed by atoms with Crippen LogP contribution < -0.4 is 10.5 Å². The molecular formula is C11H15NO3S. The highest BCUT2D eigenvalue weighted by molar-refractivity contribution is 7.91. The van der Waals surface area contributed by atoms with Gasteiger partial charge >= 0.3 is 0 Å². The van der Waals surface area contributed by atoms with Crippen molar-refractivity contribution in [2.45, 2.75) is 17.2 Å². The molecule has 0 saturated heterocycles. The second-order valence-corrected chi connectivity index (χ2v) is 5.93. The molecule has 0 aliphatic carbocycles. The first kappa shape index (κ1) is 11.4. The van der Waals surface area contributed by atoms with Gasteiger partial charge in [0.1, 0.15) is 5.75 Å². The first-order valence-electron chi connectivity index (χ1n) is 5.20. The molecule has 1 aliphatic heterocycles. The maximum Gasteiger partial charge on any atom is 0.179 e. The minimum absolute atomic E-state index is 0.0267. The first-order chi connectivity index (χ1) is 7.60. The molecule has 0 amide bonds. The summed E-state index contributed by atoms with van der Waals surface area (Å²) >= 11 is 0. The van der Waals surface area contributed by atoms with Crippen LogP contribution in [0.25, 0.3) is 0 Å². The molecule has 2 rings (SSSR count). The Morgan fingerprint density at radius 1 is 1.50 bits per heavy atom. The van der Waals surface area contributed by atoms with Crippen LogP contribution in [0.2, 0.25) is 0 Å². The van der Waals surface area contributed by atoms with Gasteiger partial charge in [0.25, 0.3) is 0 Å². The van der Waals surface area contributed by atoms with E-state index >= 15 is 0 Å². The van der Waals surface area contributed by atoms with Crippen molar-refractivity contribution in [3.8, 4) is 5.75 Å². The summed E-state index contributed by atoms with van der Waals surface area (Å²) in [6.07, 6.45) is 0.673. The molecule has 88 valence electrons. The van der Waals surface area contributed by atoms with Crippen molar-refractivity contribution >= 4 is 9.84 Å². The van der Waals surface area contributed by atoms with Crippen LogP contribution in [0.4, 0.5) is 0 Å². The molecule has 0 spiro atoms. The molecule has 0 fully saturated rings. The zero-order valence-corrected chi connectivity index (χ0v) is 9.96. The molecule has 1 atom stereocenters. The number of rotatable bonds is 3. The molecule has 0 saturated carbocycles. The van der Waals surface area contributed by atoms with E-state index in [1.807, 2.05) is 0 Å². The zero-order chi connectivity index (χ0) is 11.8. The summed E-state index contributed by atoms with van der Waals surface area (Å²) in [7, 11) is -1.59. The lowest BCUT2D eigenvalue weighted by molar-refractivity contribution is 0.404.